The maximum absolute atomic E-state index is 12.8. The van der Waals surface area contributed by atoms with E-state index in [9.17, 15) is 4.79 Å². The number of hydrogen-bond acceptors (Lipinski definition) is 5. The Morgan fingerprint density at radius 1 is 1.38 bits per heavy atom. The van der Waals surface area contributed by atoms with E-state index in [1.165, 1.54) is 11.3 Å². The Labute approximate surface area is 128 Å². The number of nitrogens with zero attached hydrogens (tertiary/aromatic N) is 2. The van der Waals surface area contributed by atoms with E-state index in [0.717, 1.165) is 5.69 Å². The van der Waals surface area contributed by atoms with E-state index in [4.69, 9.17) is 10.5 Å². The Morgan fingerprint density at radius 2 is 2.10 bits per heavy atom. The van der Waals surface area contributed by atoms with E-state index in [0.29, 0.717) is 29.5 Å². The van der Waals surface area contributed by atoms with Gasteiger partial charge in [-0.2, -0.15) is 0 Å². The third-order valence-corrected chi connectivity index (χ3v) is 3.93. The van der Waals surface area contributed by atoms with Gasteiger partial charge in [-0.05, 0) is 12.1 Å². The van der Waals surface area contributed by atoms with Crippen molar-refractivity contribution in [2.24, 2.45) is 0 Å². The van der Waals surface area contributed by atoms with Crippen molar-refractivity contribution in [2.45, 2.75) is 32.7 Å². The van der Waals surface area contributed by atoms with E-state index in [1.807, 2.05) is 17.5 Å². The number of methoxy groups -OCH3 is 1. The molecule has 114 valence electrons. The molecule has 2 aromatic heterocycles. The zero-order chi connectivity index (χ0) is 15.6. The third-order valence-electron chi connectivity index (χ3n) is 3.26. The average molecular weight is 307 g/mol. The van der Waals surface area contributed by atoms with Crippen LogP contribution < -0.4 is 11.3 Å². The Hall–Kier alpha value is -1.66. The molecule has 0 bridgehead atoms. The lowest BCUT2D eigenvalue weighted by molar-refractivity contribution is 0.184. The van der Waals surface area contributed by atoms with Gasteiger partial charge in [0.1, 0.15) is 0 Å². The number of hydrogen-bond donors (Lipinski definition) is 1. The van der Waals surface area contributed by atoms with E-state index in [1.54, 1.807) is 11.7 Å². The minimum atomic E-state index is -0.119. The predicted octanol–water partition coefficient (Wildman–Crippen LogP) is 2.50. The number of thiazole rings is 1. The minimum absolute atomic E-state index is 0.0511. The number of aromatic nitrogens is 2. The molecule has 6 heteroatoms. The fraction of sp³-hybridized carbons (Fsp3) is 0.467. The quantitative estimate of drug-likeness (QED) is 0.942. The second-order valence-corrected chi connectivity index (χ2v) is 6.79. The largest absolute Gasteiger partial charge is 0.383 e. The fourth-order valence-electron chi connectivity index (χ4n) is 2.24. The second-order valence-electron chi connectivity index (χ2n) is 5.90. The molecular weight excluding hydrogens is 286 g/mol. The van der Waals surface area contributed by atoms with Gasteiger partial charge in [-0.25, -0.2) is 4.98 Å². The van der Waals surface area contributed by atoms with E-state index < -0.39 is 0 Å². The molecule has 0 aliphatic heterocycles. The molecule has 5 nitrogen and oxygen atoms in total. The van der Waals surface area contributed by atoms with Crippen LogP contribution in [0, 0.1) is 0 Å². The monoisotopic (exact) mass is 307 g/mol. The highest BCUT2D eigenvalue weighted by Gasteiger charge is 2.21. The molecule has 0 atom stereocenters. The van der Waals surface area contributed by atoms with E-state index in [-0.39, 0.29) is 11.0 Å². The van der Waals surface area contributed by atoms with Gasteiger partial charge in [0.15, 0.2) is 5.13 Å². The SMILES string of the molecule is COCCn1c(C(C)(C)C)ccc(-c2csc(N)n2)c1=O. The molecule has 0 aliphatic carbocycles. The van der Waals surface area contributed by atoms with Crippen molar-refractivity contribution < 1.29 is 4.74 Å². The van der Waals surface area contributed by atoms with Crippen LogP contribution in [0.4, 0.5) is 5.13 Å². The Bertz CT molecular complexity index is 683. The lowest BCUT2D eigenvalue weighted by Gasteiger charge is -2.24. The summed E-state index contributed by atoms with van der Waals surface area (Å²) in [6.45, 7) is 7.28. The van der Waals surface area contributed by atoms with Gasteiger partial charge in [-0.1, -0.05) is 20.8 Å². The molecule has 0 saturated carbocycles. The molecule has 2 N–H and O–H groups in total. The molecule has 0 radical (unpaired) electrons. The standard InChI is InChI=1S/C15H21N3O2S/c1-15(2,3)12-6-5-10(11-9-21-14(16)17-11)13(19)18(12)7-8-20-4/h5-6,9H,7-8H2,1-4H3,(H2,16,17). The lowest BCUT2D eigenvalue weighted by Crippen LogP contribution is -2.31. The van der Waals surface area contributed by atoms with Crippen LogP contribution in [0.5, 0.6) is 0 Å². The topological polar surface area (TPSA) is 70.1 Å². The summed E-state index contributed by atoms with van der Waals surface area (Å²) in [5.74, 6) is 0. The number of ether oxygens (including phenoxy) is 1. The molecule has 0 aromatic carbocycles. The molecule has 0 spiro atoms. The zero-order valence-corrected chi connectivity index (χ0v) is 13.7. The highest BCUT2D eigenvalue weighted by molar-refractivity contribution is 7.13. The highest BCUT2D eigenvalue weighted by Crippen LogP contribution is 2.25. The summed E-state index contributed by atoms with van der Waals surface area (Å²) in [6.07, 6.45) is 0. The number of nitrogens with two attached hydrogens (primary N) is 1. The van der Waals surface area contributed by atoms with Gasteiger partial charge in [0.25, 0.3) is 5.56 Å². The molecule has 2 rings (SSSR count). The minimum Gasteiger partial charge on any atom is -0.383 e. The molecule has 0 unspecified atom stereocenters. The average Bonchev–Trinajstić information content (AvgIpc) is 2.82. The van der Waals surface area contributed by atoms with Crippen LogP contribution in [0.2, 0.25) is 0 Å². The highest BCUT2D eigenvalue weighted by atomic mass is 32.1. The first-order chi connectivity index (χ1) is 9.84. The Balaban J connectivity index is 2.59. The van der Waals surface area contributed by atoms with Crippen LogP contribution in [-0.4, -0.2) is 23.3 Å². The molecule has 0 fully saturated rings. The van der Waals surface area contributed by atoms with Gasteiger partial charge in [0.05, 0.1) is 17.9 Å². The Morgan fingerprint density at radius 3 is 2.62 bits per heavy atom. The smallest absolute Gasteiger partial charge is 0.260 e. The molecule has 0 saturated heterocycles. The van der Waals surface area contributed by atoms with Crippen molar-refractivity contribution >= 4 is 16.5 Å². The predicted molar refractivity (Wildman–Crippen MR) is 86.8 cm³/mol. The first-order valence-electron chi connectivity index (χ1n) is 6.79. The normalized spacial score (nSPS) is 11.8. The maximum Gasteiger partial charge on any atom is 0.260 e. The lowest BCUT2D eigenvalue weighted by atomic mass is 9.90. The summed E-state index contributed by atoms with van der Waals surface area (Å²) in [5.41, 5.74) is 7.68. The second kappa shape index (κ2) is 5.99. The number of rotatable bonds is 4. The van der Waals surface area contributed by atoms with Gasteiger partial charge >= 0.3 is 0 Å². The number of nitrogen functional groups attached to an aromatic ring is 1. The van der Waals surface area contributed by atoms with Crippen molar-refractivity contribution in [2.75, 3.05) is 19.5 Å². The van der Waals surface area contributed by atoms with Crippen LogP contribution >= 0.6 is 11.3 Å². The van der Waals surface area contributed by atoms with Gasteiger partial charge in [0.2, 0.25) is 0 Å². The molecule has 0 amide bonds. The fourth-order valence-corrected chi connectivity index (χ4v) is 2.81. The summed E-state index contributed by atoms with van der Waals surface area (Å²) in [4.78, 5) is 17.0. The van der Waals surface area contributed by atoms with Crippen molar-refractivity contribution in [1.82, 2.24) is 9.55 Å². The summed E-state index contributed by atoms with van der Waals surface area (Å²) >= 11 is 1.34. The number of pyridine rings is 1. The van der Waals surface area contributed by atoms with Gasteiger partial charge < -0.3 is 15.0 Å². The van der Waals surface area contributed by atoms with Gasteiger partial charge in [-0.3, -0.25) is 4.79 Å². The zero-order valence-electron chi connectivity index (χ0n) is 12.8. The van der Waals surface area contributed by atoms with E-state index in [2.05, 4.69) is 25.8 Å². The molecule has 0 aliphatic rings. The van der Waals surface area contributed by atoms with E-state index >= 15 is 0 Å². The molecule has 2 aromatic rings. The van der Waals surface area contributed by atoms with Crippen molar-refractivity contribution in [3.63, 3.8) is 0 Å². The van der Waals surface area contributed by atoms with Gasteiger partial charge in [-0.15, -0.1) is 11.3 Å². The van der Waals surface area contributed by atoms with Crippen molar-refractivity contribution in [3.05, 3.63) is 33.6 Å². The van der Waals surface area contributed by atoms with Crippen LogP contribution in [0.1, 0.15) is 26.5 Å². The first kappa shape index (κ1) is 15.7. The molecule has 21 heavy (non-hydrogen) atoms. The summed E-state index contributed by atoms with van der Waals surface area (Å²) in [5, 5.41) is 2.27. The van der Waals surface area contributed by atoms with Crippen molar-refractivity contribution in [3.8, 4) is 11.3 Å². The number of anilines is 1. The molecule has 2 heterocycles. The van der Waals surface area contributed by atoms with Crippen LogP contribution in [-0.2, 0) is 16.7 Å². The van der Waals surface area contributed by atoms with Crippen molar-refractivity contribution in [1.29, 1.82) is 0 Å². The summed E-state index contributed by atoms with van der Waals surface area (Å²) in [7, 11) is 1.63. The maximum atomic E-state index is 12.8. The summed E-state index contributed by atoms with van der Waals surface area (Å²) < 4.78 is 6.90. The van der Waals surface area contributed by atoms with Gasteiger partial charge in [0, 0.05) is 30.1 Å². The Kier molecular flexibility index (Phi) is 4.49. The third kappa shape index (κ3) is 3.33. The van der Waals surface area contributed by atoms with Crippen LogP contribution in [0.15, 0.2) is 22.3 Å². The van der Waals surface area contributed by atoms with Crippen LogP contribution in [0.3, 0.4) is 0 Å². The first-order valence-corrected chi connectivity index (χ1v) is 7.67. The summed E-state index contributed by atoms with van der Waals surface area (Å²) in [6, 6.07) is 3.82. The molecular formula is C15H21N3O2S. The van der Waals surface area contributed by atoms with Crippen LogP contribution in [0.25, 0.3) is 11.3 Å².